The van der Waals surface area contributed by atoms with Crippen molar-refractivity contribution >= 4 is 17.3 Å². The monoisotopic (exact) mass is 366 g/mol. The maximum Gasteiger partial charge on any atom is 0.256 e. The van der Waals surface area contributed by atoms with Gasteiger partial charge < -0.3 is 20.5 Å². The lowest BCUT2D eigenvalue weighted by Gasteiger charge is -2.28. The van der Waals surface area contributed by atoms with E-state index in [4.69, 9.17) is 4.74 Å². The van der Waals surface area contributed by atoms with Crippen molar-refractivity contribution in [2.45, 2.75) is 50.7 Å². The normalized spacial score (nSPS) is 21.7. The minimum absolute atomic E-state index is 0.0908. The van der Waals surface area contributed by atoms with Crippen LogP contribution in [-0.2, 0) is 6.42 Å². The lowest BCUT2D eigenvalue weighted by atomic mass is 9.95. The number of carbonyl (C=O) groups is 1. The number of carbonyl (C=O) groups excluding carboxylic acids is 1. The van der Waals surface area contributed by atoms with E-state index in [1.165, 1.54) is 0 Å². The largest absolute Gasteiger partial charge is 0.488 e. The van der Waals surface area contributed by atoms with Gasteiger partial charge in [-0.3, -0.25) is 4.79 Å². The first-order valence-corrected chi connectivity index (χ1v) is 9.82. The van der Waals surface area contributed by atoms with Gasteiger partial charge in [0.2, 0.25) is 0 Å². The Morgan fingerprint density at radius 3 is 2.70 bits per heavy atom. The van der Waals surface area contributed by atoms with E-state index in [1.54, 1.807) is 0 Å². The Balaban J connectivity index is 1.42. The van der Waals surface area contributed by atoms with Gasteiger partial charge in [-0.1, -0.05) is 12.5 Å². The molecule has 5 nitrogen and oxygen atoms in total. The van der Waals surface area contributed by atoms with Crippen LogP contribution in [0.4, 0.5) is 11.4 Å². The average Bonchev–Trinajstić information content (AvgIpc) is 2.70. The third-order valence-corrected chi connectivity index (χ3v) is 5.41. The second kappa shape index (κ2) is 8.01. The molecular weight excluding hydrogens is 340 g/mol. The number of hydrogen-bond donors (Lipinski definition) is 3. The Kier molecular flexibility index (Phi) is 5.30. The molecule has 1 saturated carbocycles. The van der Waals surface area contributed by atoms with E-state index in [0.29, 0.717) is 0 Å². The zero-order chi connectivity index (χ0) is 18.6. The van der Waals surface area contributed by atoms with E-state index in [2.05, 4.69) is 10.6 Å². The number of ether oxygens (including phenoxy) is 1. The van der Waals surface area contributed by atoms with E-state index in [1.807, 2.05) is 42.5 Å². The highest BCUT2D eigenvalue weighted by molar-refractivity contribution is 6.06. The Labute approximate surface area is 159 Å². The number of amides is 1. The lowest BCUT2D eigenvalue weighted by molar-refractivity contribution is 0.00688. The van der Waals surface area contributed by atoms with E-state index < -0.39 is 6.10 Å². The summed E-state index contributed by atoms with van der Waals surface area (Å²) < 4.78 is 5.92. The number of nitrogens with one attached hydrogen (secondary N) is 2. The Morgan fingerprint density at radius 2 is 1.89 bits per heavy atom. The number of anilines is 2. The van der Waals surface area contributed by atoms with Gasteiger partial charge in [0.25, 0.3) is 5.91 Å². The molecule has 1 fully saturated rings. The summed E-state index contributed by atoms with van der Waals surface area (Å²) in [5.74, 6) is 0.632. The predicted molar refractivity (Wildman–Crippen MR) is 107 cm³/mol. The molecule has 2 aromatic rings. The summed E-state index contributed by atoms with van der Waals surface area (Å²) in [5, 5.41) is 16.4. The fraction of sp³-hybridized carbons (Fsp3) is 0.409. The third-order valence-electron chi connectivity index (χ3n) is 5.41. The molecule has 2 atom stereocenters. The molecule has 1 aliphatic carbocycles. The third kappa shape index (κ3) is 4.08. The maximum atomic E-state index is 12.7. The van der Waals surface area contributed by atoms with Crippen molar-refractivity contribution in [1.82, 2.24) is 0 Å². The standard InChI is InChI=1S/C22H26N2O3/c25-20-8-1-2-9-21(20)27-16-12-10-15(11-13-16)24-22(26)18-5-3-7-19-17(18)6-4-14-23-19/h3,5,7,10-13,20-21,23,25H,1-2,4,6,8-9,14H2,(H,24,26). The van der Waals surface area contributed by atoms with Crippen molar-refractivity contribution in [1.29, 1.82) is 0 Å². The molecule has 3 N–H and O–H groups in total. The van der Waals surface area contributed by atoms with Gasteiger partial charge >= 0.3 is 0 Å². The van der Waals surface area contributed by atoms with Gasteiger partial charge in [0.1, 0.15) is 11.9 Å². The summed E-state index contributed by atoms with van der Waals surface area (Å²) in [6, 6.07) is 13.2. The minimum atomic E-state index is -0.393. The molecule has 2 aliphatic rings. The van der Waals surface area contributed by atoms with Crippen molar-refractivity contribution < 1.29 is 14.6 Å². The summed E-state index contributed by atoms with van der Waals surface area (Å²) in [7, 11) is 0. The van der Waals surface area contributed by atoms with Crippen molar-refractivity contribution in [3.8, 4) is 5.75 Å². The van der Waals surface area contributed by atoms with E-state index in [0.717, 1.165) is 73.3 Å². The summed E-state index contributed by atoms with van der Waals surface area (Å²) in [6.07, 6.45) is 5.26. The summed E-state index contributed by atoms with van der Waals surface area (Å²) in [5.41, 5.74) is 3.61. The highest BCUT2D eigenvalue weighted by atomic mass is 16.5. The molecule has 0 spiro atoms. The van der Waals surface area contributed by atoms with Crippen LogP contribution in [0.3, 0.4) is 0 Å². The number of hydrogen-bond acceptors (Lipinski definition) is 4. The molecule has 0 bridgehead atoms. The molecular formula is C22H26N2O3. The fourth-order valence-electron chi connectivity index (χ4n) is 3.93. The van der Waals surface area contributed by atoms with Gasteiger partial charge in [-0.25, -0.2) is 0 Å². The average molecular weight is 366 g/mol. The van der Waals surface area contributed by atoms with Gasteiger partial charge in [0, 0.05) is 23.5 Å². The van der Waals surface area contributed by atoms with Crippen LogP contribution in [0.5, 0.6) is 5.75 Å². The van der Waals surface area contributed by atoms with Crippen LogP contribution in [0.25, 0.3) is 0 Å². The van der Waals surface area contributed by atoms with Gasteiger partial charge in [-0.15, -0.1) is 0 Å². The smallest absolute Gasteiger partial charge is 0.256 e. The van der Waals surface area contributed by atoms with Crippen molar-refractivity contribution in [3.05, 3.63) is 53.6 Å². The molecule has 4 rings (SSSR count). The van der Waals surface area contributed by atoms with Crippen LogP contribution < -0.4 is 15.4 Å². The molecule has 0 aromatic heterocycles. The molecule has 1 amide bonds. The topological polar surface area (TPSA) is 70.6 Å². The molecule has 142 valence electrons. The highest BCUT2D eigenvalue weighted by Crippen LogP contribution is 2.27. The Morgan fingerprint density at radius 1 is 1.07 bits per heavy atom. The lowest BCUT2D eigenvalue weighted by Crippen LogP contribution is -2.34. The van der Waals surface area contributed by atoms with Crippen LogP contribution in [-0.4, -0.2) is 29.8 Å². The number of fused-ring (bicyclic) bond motifs is 1. The summed E-state index contributed by atoms with van der Waals surface area (Å²) in [6.45, 7) is 0.954. The molecule has 2 unspecified atom stereocenters. The highest BCUT2D eigenvalue weighted by Gasteiger charge is 2.24. The van der Waals surface area contributed by atoms with Crippen LogP contribution in [0, 0.1) is 0 Å². The fourth-order valence-corrected chi connectivity index (χ4v) is 3.93. The van der Waals surface area contributed by atoms with Crippen molar-refractivity contribution in [3.63, 3.8) is 0 Å². The van der Waals surface area contributed by atoms with Crippen LogP contribution in [0.1, 0.15) is 48.0 Å². The molecule has 27 heavy (non-hydrogen) atoms. The summed E-state index contributed by atoms with van der Waals surface area (Å²) >= 11 is 0. The van der Waals surface area contributed by atoms with Gasteiger partial charge in [0.15, 0.2) is 0 Å². The first-order valence-electron chi connectivity index (χ1n) is 9.82. The quantitative estimate of drug-likeness (QED) is 0.765. The zero-order valence-electron chi connectivity index (χ0n) is 15.4. The van der Waals surface area contributed by atoms with Crippen molar-refractivity contribution in [2.75, 3.05) is 17.2 Å². The van der Waals surface area contributed by atoms with Crippen LogP contribution in [0.15, 0.2) is 42.5 Å². The minimum Gasteiger partial charge on any atom is -0.488 e. The van der Waals surface area contributed by atoms with E-state index >= 15 is 0 Å². The van der Waals surface area contributed by atoms with Gasteiger partial charge in [0.05, 0.1) is 6.10 Å². The first-order chi connectivity index (χ1) is 13.2. The van der Waals surface area contributed by atoms with Gasteiger partial charge in [-0.05, 0) is 74.1 Å². The SMILES string of the molecule is O=C(Nc1ccc(OC2CCCCC2O)cc1)c1cccc2c1CCCN2. The summed E-state index contributed by atoms with van der Waals surface area (Å²) in [4.78, 5) is 12.7. The molecule has 2 aromatic carbocycles. The van der Waals surface area contributed by atoms with E-state index in [9.17, 15) is 9.90 Å². The number of aliphatic hydroxyl groups is 1. The van der Waals surface area contributed by atoms with Gasteiger partial charge in [-0.2, -0.15) is 0 Å². The van der Waals surface area contributed by atoms with Crippen LogP contribution >= 0.6 is 0 Å². The molecule has 0 saturated heterocycles. The molecule has 1 heterocycles. The molecule has 1 aliphatic heterocycles. The van der Waals surface area contributed by atoms with E-state index in [-0.39, 0.29) is 12.0 Å². The first kappa shape index (κ1) is 17.9. The second-order valence-corrected chi connectivity index (χ2v) is 7.35. The molecule has 0 radical (unpaired) electrons. The van der Waals surface area contributed by atoms with Crippen molar-refractivity contribution in [2.24, 2.45) is 0 Å². The second-order valence-electron chi connectivity index (χ2n) is 7.35. The predicted octanol–water partition coefficient (Wildman–Crippen LogP) is 3.98. The van der Waals surface area contributed by atoms with Crippen LogP contribution in [0.2, 0.25) is 0 Å². The number of rotatable bonds is 4. The Bertz CT molecular complexity index is 804. The number of benzene rings is 2. The maximum absolute atomic E-state index is 12.7. The number of aliphatic hydroxyl groups excluding tert-OH is 1. The zero-order valence-corrected chi connectivity index (χ0v) is 15.4. The Hall–Kier alpha value is -2.53. The molecule has 5 heteroatoms.